The molecule has 1 atom stereocenters. The molecule has 2 heterocycles. The van der Waals surface area contributed by atoms with Crippen molar-refractivity contribution in [2.75, 3.05) is 18.0 Å². The van der Waals surface area contributed by atoms with Crippen molar-refractivity contribution in [1.29, 1.82) is 0 Å². The zero-order valence-corrected chi connectivity index (χ0v) is 18.6. The lowest BCUT2D eigenvalue weighted by molar-refractivity contribution is -0.0210. The minimum atomic E-state index is -1.00. The molecule has 1 fully saturated rings. The van der Waals surface area contributed by atoms with E-state index in [0.29, 0.717) is 36.5 Å². The quantitative estimate of drug-likeness (QED) is 0.587. The molecule has 2 aliphatic rings. The van der Waals surface area contributed by atoms with E-state index in [2.05, 4.69) is 4.90 Å². The van der Waals surface area contributed by atoms with Gasteiger partial charge in [-0.1, -0.05) is 41.9 Å². The Morgan fingerprint density at radius 1 is 1.00 bits per heavy atom. The van der Waals surface area contributed by atoms with E-state index in [-0.39, 0.29) is 12.1 Å². The van der Waals surface area contributed by atoms with Crippen LogP contribution in [0.3, 0.4) is 0 Å². The second-order valence-corrected chi connectivity index (χ2v) is 8.81. The third kappa shape index (κ3) is 3.61. The Labute approximate surface area is 192 Å². The molecule has 0 saturated carbocycles. The van der Waals surface area contributed by atoms with E-state index in [1.54, 1.807) is 11.0 Å². The lowest BCUT2D eigenvalue weighted by Gasteiger charge is -2.39. The van der Waals surface area contributed by atoms with Crippen molar-refractivity contribution in [2.24, 2.45) is 0 Å². The fourth-order valence-corrected chi connectivity index (χ4v) is 4.98. The fourth-order valence-electron chi connectivity index (χ4n) is 4.67. The molecule has 3 aromatic carbocycles. The Bertz CT molecular complexity index is 1140. The molecule has 6 heteroatoms. The van der Waals surface area contributed by atoms with Crippen LogP contribution in [0, 0.1) is 0 Å². The number of carbonyl (C=O) groups excluding carboxylic acids is 1. The Morgan fingerprint density at radius 3 is 2.38 bits per heavy atom. The first-order valence-corrected chi connectivity index (χ1v) is 11.3. The summed E-state index contributed by atoms with van der Waals surface area (Å²) in [6, 6.07) is 23.0. The predicted octanol–water partition coefficient (Wildman–Crippen LogP) is 5.34. The van der Waals surface area contributed by atoms with Gasteiger partial charge in [0.2, 0.25) is 0 Å². The summed E-state index contributed by atoms with van der Waals surface area (Å²) in [5, 5.41) is 11.7. The molecule has 3 aromatic rings. The lowest BCUT2D eigenvalue weighted by Crippen LogP contribution is -2.45. The van der Waals surface area contributed by atoms with Crippen LogP contribution in [-0.4, -0.2) is 35.2 Å². The molecule has 0 bridgehead atoms. The molecule has 1 saturated heterocycles. The molecule has 0 aliphatic carbocycles. The summed E-state index contributed by atoms with van der Waals surface area (Å²) in [7, 11) is 0. The number of nitrogens with zero attached hydrogens (tertiary/aromatic N) is 2. The van der Waals surface area contributed by atoms with Gasteiger partial charge >= 0.3 is 0 Å². The average molecular weight is 449 g/mol. The fraction of sp³-hybridized carbons (Fsp3) is 0.269. The molecule has 164 valence electrons. The number of piperidine rings is 1. The first-order valence-electron chi connectivity index (χ1n) is 10.9. The molecule has 0 spiro atoms. The van der Waals surface area contributed by atoms with Gasteiger partial charge in [-0.3, -0.25) is 4.79 Å². The van der Waals surface area contributed by atoms with Crippen molar-refractivity contribution in [3.05, 3.63) is 88.9 Å². The number of rotatable bonds is 3. The number of anilines is 2. The Kier molecular flexibility index (Phi) is 5.31. The van der Waals surface area contributed by atoms with Crippen molar-refractivity contribution < 1.29 is 14.6 Å². The number of hydrogen-bond donors (Lipinski definition) is 1. The monoisotopic (exact) mass is 448 g/mol. The smallest absolute Gasteiger partial charge is 0.253 e. The number of ether oxygens (including phenoxy) is 1. The highest BCUT2D eigenvalue weighted by Gasteiger charge is 2.37. The van der Waals surface area contributed by atoms with Gasteiger partial charge in [-0.2, -0.15) is 0 Å². The van der Waals surface area contributed by atoms with Gasteiger partial charge in [0.1, 0.15) is 5.75 Å². The van der Waals surface area contributed by atoms with Crippen LogP contribution in [0.4, 0.5) is 11.4 Å². The highest BCUT2D eigenvalue weighted by molar-refractivity contribution is 6.31. The third-order valence-electron chi connectivity index (χ3n) is 6.43. The summed E-state index contributed by atoms with van der Waals surface area (Å²) in [6.07, 6.45) is 0.804. The van der Waals surface area contributed by atoms with E-state index in [1.165, 1.54) is 0 Å². The van der Waals surface area contributed by atoms with Crippen molar-refractivity contribution >= 4 is 28.9 Å². The summed E-state index contributed by atoms with van der Waals surface area (Å²) < 4.78 is 5.93. The average Bonchev–Trinajstić information content (AvgIpc) is 3.15. The van der Waals surface area contributed by atoms with Gasteiger partial charge in [-0.05, 0) is 62.2 Å². The van der Waals surface area contributed by atoms with Gasteiger partial charge in [0.15, 0.2) is 6.23 Å². The van der Waals surface area contributed by atoms with Crippen LogP contribution < -0.4 is 9.64 Å². The number of amides is 1. The number of hydrogen-bond acceptors (Lipinski definition) is 4. The third-order valence-corrected chi connectivity index (χ3v) is 6.76. The van der Waals surface area contributed by atoms with E-state index >= 15 is 0 Å². The Morgan fingerprint density at radius 2 is 1.66 bits per heavy atom. The molecular formula is C26H25ClN2O3. The second-order valence-electron chi connectivity index (χ2n) is 8.41. The molecule has 5 nitrogen and oxygen atoms in total. The highest BCUT2D eigenvalue weighted by Crippen LogP contribution is 2.42. The number of likely N-dealkylation sites (tertiary alicyclic amines) is 1. The van der Waals surface area contributed by atoms with Crippen molar-refractivity contribution in [3.8, 4) is 5.75 Å². The molecule has 32 heavy (non-hydrogen) atoms. The summed E-state index contributed by atoms with van der Waals surface area (Å²) in [6.45, 7) is 2.96. The van der Waals surface area contributed by atoms with E-state index in [0.717, 1.165) is 22.7 Å². The molecule has 0 radical (unpaired) electrons. The maximum Gasteiger partial charge on any atom is 0.253 e. The molecule has 2 aliphatic heterocycles. The van der Waals surface area contributed by atoms with Gasteiger partial charge in [-0.25, -0.2) is 0 Å². The molecule has 1 amide bonds. The van der Waals surface area contributed by atoms with E-state index < -0.39 is 5.60 Å². The normalized spacial score (nSPS) is 19.4. The molecule has 0 aromatic heterocycles. The zero-order chi connectivity index (χ0) is 22.3. The summed E-state index contributed by atoms with van der Waals surface area (Å²) in [4.78, 5) is 17.0. The summed E-state index contributed by atoms with van der Waals surface area (Å²) in [5.41, 5.74) is 2.37. The first-order chi connectivity index (χ1) is 15.5. The van der Waals surface area contributed by atoms with Crippen molar-refractivity contribution in [1.82, 2.24) is 4.90 Å². The predicted molar refractivity (Wildman–Crippen MR) is 126 cm³/mol. The number of benzene rings is 3. The SMILES string of the molecule is CC1Oc2ccccc2N1c1ccc(C(=O)N2CCC(O)(c3ccccc3Cl)CC2)cc1. The minimum absolute atomic E-state index is 0.0242. The first kappa shape index (κ1) is 20.9. The summed E-state index contributed by atoms with van der Waals surface area (Å²) >= 11 is 6.30. The molecule has 1 N–H and O–H groups in total. The maximum atomic E-state index is 13.1. The lowest BCUT2D eigenvalue weighted by atomic mass is 9.84. The number of carbonyl (C=O) groups is 1. The zero-order valence-electron chi connectivity index (χ0n) is 17.9. The van der Waals surface area contributed by atoms with Crippen LogP contribution in [0.2, 0.25) is 5.02 Å². The van der Waals surface area contributed by atoms with Crippen LogP contribution in [0.1, 0.15) is 35.7 Å². The van der Waals surface area contributed by atoms with Crippen LogP contribution in [-0.2, 0) is 5.60 Å². The molecular weight excluding hydrogens is 424 g/mol. The molecule has 5 rings (SSSR count). The van der Waals surface area contributed by atoms with Crippen molar-refractivity contribution in [3.63, 3.8) is 0 Å². The van der Waals surface area contributed by atoms with Gasteiger partial charge in [0.05, 0.1) is 11.3 Å². The van der Waals surface area contributed by atoms with Gasteiger partial charge < -0.3 is 19.6 Å². The van der Waals surface area contributed by atoms with Crippen LogP contribution in [0.25, 0.3) is 0 Å². The standard InChI is InChI=1S/C26H25ClN2O3/c1-18-29(23-8-4-5-9-24(23)32-18)20-12-10-19(11-13-20)25(30)28-16-14-26(31,15-17-28)21-6-2-3-7-22(21)27/h2-13,18,31H,14-17H2,1H3. The van der Waals surface area contributed by atoms with Crippen LogP contribution >= 0.6 is 11.6 Å². The molecule has 1 unspecified atom stereocenters. The highest BCUT2D eigenvalue weighted by atomic mass is 35.5. The Balaban J connectivity index is 1.29. The van der Waals surface area contributed by atoms with E-state index in [9.17, 15) is 9.90 Å². The second kappa shape index (κ2) is 8.15. The van der Waals surface area contributed by atoms with E-state index in [1.807, 2.05) is 73.7 Å². The van der Waals surface area contributed by atoms with Crippen LogP contribution in [0.15, 0.2) is 72.8 Å². The topological polar surface area (TPSA) is 53.0 Å². The number of fused-ring (bicyclic) bond motifs is 1. The van der Waals surface area contributed by atoms with Gasteiger partial charge in [0, 0.05) is 34.9 Å². The largest absolute Gasteiger partial charge is 0.468 e. The number of para-hydroxylation sites is 2. The van der Waals surface area contributed by atoms with Gasteiger partial charge in [0.25, 0.3) is 5.91 Å². The van der Waals surface area contributed by atoms with Gasteiger partial charge in [-0.15, -0.1) is 0 Å². The van der Waals surface area contributed by atoms with Crippen molar-refractivity contribution in [2.45, 2.75) is 31.6 Å². The maximum absolute atomic E-state index is 13.1. The Hall–Kier alpha value is -3.02. The summed E-state index contributed by atoms with van der Waals surface area (Å²) in [5.74, 6) is 0.836. The number of aliphatic hydroxyl groups is 1. The van der Waals surface area contributed by atoms with Crippen LogP contribution in [0.5, 0.6) is 5.75 Å². The minimum Gasteiger partial charge on any atom is -0.468 e. The number of halogens is 1. The van der Waals surface area contributed by atoms with E-state index in [4.69, 9.17) is 16.3 Å².